The SMILES string of the molecule is CCCNCc1cc(F)c(F)c(S(=O)(=O)NC2CCC2)c1. The van der Waals surface area contributed by atoms with Crippen molar-refractivity contribution < 1.29 is 17.2 Å². The second-order valence-corrected chi connectivity index (χ2v) is 7.00. The molecule has 1 aliphatic carbocycles. The maximum Gasteiger partial charge on any atom is 0.243 e. The van der Waals surface area contributed by atoms with Crippen LogP contribution in [0.1, 0.15) is 38.2 Å². The van der Waals surface area contributed by atoms with Crippen molar-refractivity contribution >= 4 is 10.0 Å². The molecule has 1 aromatic carbocycles. The Bertz CT molecular complexity index is 601. The molecule has 0 unspecified atom stereocenters. The molecule has 0 amide bonds. The molecule has 0 aromatic heterocycles. The largest absolute Gasteiger partial charge is 0.313 e. The normalized spacial score (nSPS) is 16.0. The van der Waals surface area contributed by atoms with E-state index in [2.05, 4.69) is 10.0 Å². The Morgan fingerprint density at radius 3 is 2.57 bits per heavy atom. The van der Waals surface area contributed by atoms with E-state index in [1.165, 1.54) is 6.07 Å². The van der Waals surface area contributed by atoms with Crippen LogP contribution in [0.3, 0.4) is 0 Å². The summed E-state index contributed by atoms with van der Waals surface area (Å²) in [6.07, 6.45) is 3.32. The van der Waals surface area contributed by atoms with Crippen molar-refractivity contribution in [2.24, 2.45) is 0 Å². The van der Waals surface area contributed by atoms with Crippen molar-refractivity contribution in [2.45, 2.75) is 50.1 Å². The Morgan fingerprint density at radius 1 is 1.29 bits per heavy atom. The van der Waals surface area contributed by atoms with Crippen molar-refractivity contribution in [3.8, 4) is 0 Å². The molecular formula is C14H20F2N2O2S. The van der Waals surface area contributed by atoms with Crippen LogP contribution in [0.4, 0.5) is 8.78 Å². The number of sulfonamides is 1. The van der Waals surface area contributed by atoms with E-state index in [0.717, 1.165) is 38.3 Å². The number of halogens is 2. The van der Waals surface area contributed by atoms with E-state index >= 15 is 0 Å². The second kappa shape index (κ2) is 6.81. The summed E-state index contributed by atoms with van der Waals surface area (Å²) in [5.41, 5.74) is 0.413. The minimum absolute atomic E-state index is 0.167. The lowest BCUT2D eigenvalue weighted by Gasteiger charge is -2.26. The molecule has 0 radical (unpaired) electrons. The minimum atomic E-state index is -4.02. The summed E-state index contributed by atoms with van der Waals surface area (Å²) >= 11 is 0. The third-order valence-electron chi connectivity index (χ3n) is 3.53. The highest BCUT2D eigenvalue weighted by Crippen LogP contribution is 2.24. The fourth-order valence-electron chi connectivity index (χ4n) is 2.13. The monoisotopic (exact) mass is 318 g/mol. The highest BCUT2D eigenvalue weighted by atomic mass is 32.2. The molecule has 118 valence electrons. The molecule has 1 aliphatic rings. The van der Waals surface area contributed by atoms with Gasteiger partial charge in [0, 0.05) is 12.6 Å². The lowest BCUT2D eigenvalue weighted by molar-refractivity contribution is 0.382. The van der Waals surface area contributed by atoms with Crippen LogP contribution in [-0.2, 0) is 16.6 Å². The maximum atomic E-state index is 13.8. The highest BCUT2D eigenvalue weighted by Gasteiger charge is 2.28. The van der Waals surface area contributed by atoms with Crippen LogP contribution in [-0.4, -0.2) is 21.0 Å². The van der Waals surface area contributed by atoms with Crippen molar-refractivity contribution in [1.82, 2.24) is 10.0 Å². The molecular weight excluding hydrogens is 298 g/mol. The summed E-state index contributed by atoms with van der Waals surface area (Å²) in [5, 5.41) is 3.04. The molecule has 0 atom stereocenters. The number of hydrogen-bond acceptors (Lipinski definition) is 3. The standard InChI is InChI=1S/C14H20F2N2O2S/c1-2-6-17-9-10-7-12(15)14(16)13(8-10)21(19,20)18-11-4-3-5-11/h7-8,11,17-18H,2-6,9H2,1H3. The summed E-state index contributed by atoms with van der Waals surface area (Å²) in [6, 6.07) is 2.06. The van der Waals surface area contributed by atoms with Crippen molar-refractivity contribution in [3.05, 3.63) is 29.3 Å². The molecule has 1 saturated carbocycles. The third kappa shape index (κ3) is 3.99. The van der Waals surface area contributed by atoms with Crippen LogP contribution in [0.5, 0.6) is 0 Å². The van der Waals surface area contributed by atoms with Gasteiger partial charge in [-0.3, -0.25) is 0 Å². The first-order chi connectivity index (χ1) is 9.94. The molecule has 2 N–H and O–H groups in total. The number of benzene rings is 1. The van der Waals surface area contributed by atoms with Gasteiger partial charge in [0.25, 0.3) is 0 Å². The minimum Gasteiger partial charge on any atom is -0.313 e. The average molecular weight is 318 g/mol. The molecule has 0 heterocycles. The van der Waals surface area contributed by atoms with Crippen LogP contribution in [0, 0.1) is 11.6 Å². The zero-order valence-electron chi connectivity index (χ0n) is 12.0. The van der Waals surface area contributed by atoms with Gasteiger partial charge < -0.3 is 5.32 Å². The number of rotatable bonds is 7. The van der Waals surface area contributed by atoms with E-state index in [4.69, 9.17) is 0 Å². The maximum absolute atomic E-state index is 13.8. The first-order valence-corrected chi connectivity index (χ1v) is 8.63. The number of hydrogen-bond donors (Lipinski definition) is 2. The number of nitrogens with one attached hydrogen (secondary N) is 2. The first-order valence-electron chi connectivity index (χ1n) is 7.15. The third-order valence-corrected chi connectivity index (χ3v) is 5.05. The Labute approximate surface area is 124 Å². The molecule has 1 fully saturated rings. The summed E-state index contributed by atoms with van der Waals surface area (Å²) in [7, 11) is -4.02. The van der Waals surface area contributed by atoms with E-state index in [0.29, 0.717) is 12.1 Å². The molecule has 1 aromatic rings. The summed E-state index contributed by atoms with van der Waals surface area (Å²) < 4.78 is 54.2. The van der Waals surface area contributed by atoms with Crippen molar-refractivity contribution in [3.63, 3.8) is 0 Å². The van der Waals surface area contributed by atoms with Crippen LogP contribution in [0.25, 0.3) is 0 Å². The van der Waals surface area contributed by atoms with Gasteiger partial charge in [0.05, 0.1) is 0 Å². The van der Waals surface area contributed by atoms with Gasteiger partial charge in [0.1, 0.15) is 4.90 Å². The molecule has 2 rings (SSSR count). The van der Waals surface area contributed by atoms with E-state index in [-0.39, 0.29) is 6.04 Å². The van der Waals surface area contributed by atoms with E-state index in [1.54, 1.807) is 0 Å². The van der Waals surface area contributed by atoms with E-state index in [1.807, 2.05) is 6.92 Å². The average Bonchev–Trinajstić information content (AvgIpc) is 2.38. The second-order valence-electron chi connectivity index (χ2n) is 5.32. The van der Waals surface area contributed by atoms with Crippen molar-refractivity contribution in [1.29, 1.82) is 0 Å². The molecule has 0 bridgehead atoms. The van der Waals surface area contributed by atoms with Crippen molar-refractivity contribution in [2.75, 3.05) is 6.54 Å². The summed E-state index contributed by atoms with van der Waals surface area (Å²) in [5.74, 6) is -2.46. The molecule has 0 aliphatic heterocycles. The first kappa shape index (κ1) is 16.3. The molecule has 4 nitrogen and oxygen atoms in total. The Hall–Kier alpha value is -1.05. The van der Waals surface area contributed by atoms with E-state index < -0.39 is 26.6 Å². The topological polar surface area (TPSA) is 58.2 Å². The quantitative estimate of drug-likeness (QED) is 0.759. The summed E-state index contributed by atoms with van der Waals surface area (Å²) in [4.78, 5) is -0.609. The van der Waals surface area contributed by atoms with Gasteiger partial charge >= 0.3 is 0 Å². The predicted molar refractivity (Wildman–Crippen MR) is 76.3 cm³/mol. The smallest absolute Gasteiger partial charge is 0.243 e. The lowest BCUT2D eigenvalue weighted by atomic mass is 9.94. The van der Waals surface area contributed by atoms with Gasteiger partial charge in [0.2, 0.25) is 10.0 Å². The Balaban J connectivity index is 2.23. The van der Waals surface area contributed by atoms with Gasteiger partial charge in [-0.05, 0) is 43.5 Å². The fourth-order valence-corrected chi connectivity index (χ4v) is 3.57. The predicted octanol–water partition coefficient (Wildman–Crippen LogP) is 2.30. The molecule has 21 heavy (non-hydrogen) atoms. The molecule has 0 saturated heterocycles. The molecule has 7 heteroatoms. The van der Waals surface area contributed by atoms with Gasteiger partial charge in [-0.25, -0.2) is 21.9 Å². The highest BCUT2D eigenvalue weighted by molar-refractivity contribution is 7.89. The van der Waals surface area contributed by atoms with Crippen LogP contribution in [0.15, 0.2) is 17.0 Å². The zero-order valence-corrected chi connectivity index (χ0v) is 12.8. The van der Waals surface area contributed by atoms with Gasteiger partial charge in [0.15, 0.2) is 11.6 Å². The van der Waals surface area contributed by atoms with Crippen LogP contribution < -0.4 is 10.0 Å². The van der Waals surface area contributed by atoms with Gasteiger partial charge in [-0.2, -0.15) is 0 Å². The van der Waals surface area contributed by atoms with Crippen LogP contribution >= 0.6 is 0 Å². The van der Waals surface area contributed by atoms with Gasteiger partial charge in [-0.15, -0.1) is 0 Å². The Kier molecular flexibility index (Phi) is 5.29. The van der Waals surface area contributed by atoms with Gasteiger partial charge in [-0.1, -0.05) is 13.3 Å². The molecule has 0 spiro atoms. The fraction of sp³-hybridized carbons (Fsp3) is 0.571. The van der Waals surface area contributed by atoms with E-state index in [9.17, 15) is 17.2 Å². The lowest BCUT2D eigenvalue weighted by Crippen LogP contribution is -2.39. The zero-order chi connectivity index (χ0) is 15.5. The summed E-state index contributed by atoms with van der Waals surface area (Å²) in [6.45, 7) is 3.01. The van der Waals surface area contributed by atoms with Crippen LogP contribution in [0.2, 0.25) is 0 Å². The Morgan fingerprint density at radius 2 is 2.00 bits per heavy atom.